The van der Waals surface area contributed by atoms with Gasteiger partial charge < -0.3 is 10.5 Å². The van der Waals surface area contributed by atoms with Crippen molar-refractivity contribution >= 4 is 5.69 Å². The van der Waals surface area contributed by atoms with Crippen LogP contribution in [0.5, 0.6) is 5.75 Å². The van der Waals surface area contributed by atoms with Crippen LogP contribution in [0.2, 0.25) is 0 Å². The molecule has 1 rings (SSSR count). The van der Waals surface area contributed by atoms with Crippen LogP contribution in [0.15, 0.2) is 18.2 Å². The largest absolute Gasteiger partial charge is 0.477 e. The van der Waals surface area contributed by atoms with Gasteiger partial charge in [0.25, 0.3) is 0 Å². The minimum Gasteiger partial charge on any atom is -0.477 e. The maximum Gasteiger partial charge on any atom is 0.174 e. The molecule has 12 heavy (non-hydrogen) atoms. The molecule has 0 aliphatic carbocycles. The van der Waals surface area contributed by atoms with Crippen molar-refractivity contribution in [2.24, 2.45) is 0 Å². The zero-order chi connectivity index (χ0) is 8.97. The fraction of sp³-hybridized carbons (Fsp3) is 0.222. The number of nitrogen functional groups attached to an aromatic ring is 1. The van der Waals surface area contributed by atoms with E-state index in [1.165, 1.54) is 0 Å². The third kappa shape index (κ3) is 1.89. The van der Waals surface area contributed by atoms with Crippen LogP contribution in [-0.2, 0) is 0 Å². The van der Waals surface area contributed by atoms with E-state index in [1.54, 1.807) is 6.07 Å². The molecule has 0 aliphatic rings. The third-order valence-electron chi connectivity index (χ3n) is 1.46. The van der Waals surface area contributed by atoms with Crippen molar-refractivity contribution in [3.8, 4) is 11.8 Å². The predicted octanol–water partition coefficient (Wildman–Crippen LogP) is 1.48. The van der Waals surface area contributed by atoms with Gasteiger partial charge in [-0.1, -0.05) is 6.07 Å². The fourth-order valence-electron chi connectivity index (χ4n) is 0.877. The average Bonchev–Trinajstić information content (AvgIpc) is 2.07. The molecule has 2 N–H and O–H groups in total. The van der Waals surface area contributed by atoms with Crippen molar-refractivity contribution in [3.05, 3.63) is 23.8 Å². The first-order valence-electron chi connectivity index (χ1n) is 3.60. The Hall–Kier alpha value is -1.69. The second-order valence-electron chi connectivity index (χ2n) is 2.49. The van der Waals surface area contributed by atoms with Crippen LogP contribution in [0, 0.1) is 18.3 Å². The zero-order valence-corrected chi connectivity index (χ0v) is 6.87. The lowest BCUT2D eigenvalue weighted by molar-refractivity contribution is 0.370. The molecular weight excluding hydrogens is 152 g/mol. The van der Waals surface area contributed by atoms with Crippen LogP contribution in [0.25, 0.3) is 0 Å². The normalized spacial score (nSPS) is 9.00. The Morgan fingerprint density at radius 2 is 2.33 bits per heavy atom. The first-order chi connectivity index (χ1) is 5.74. The van der Waals surface area contributed by atoms with Crippen LogP contribution in [-0.4, -0.2) is 6.61 Å². The Bertz CT molecular complexity index is 315. The Morgan fingerprint density at radius 1 is 1.58 bits per heavy atom. The van der Waals surface area contributed by atoms with Gasteiger partial charge in [-0.15, -0.1) is 0 Å². The highest BCUT2D eigenvalue weighted by atomic mass is 16.5. The lowest BCUT2D eigenvalue weighted by Gasteiger charge is -2.05. The second kappa shape index (κ2) is 3.63. The highest BCUT2D eigenvalue weighted by Crippen LogP contribution is 2.21. The Balaban J connectivity index is 2.84. The number of aryl methyl sites for hydroxylation is 1. The number of hydrogen-bond donors (Lipinski definition) is 1. The molecule has 0 fully saturated rings. The number of nitrogens with two attached hydrogens (primary N) is 1. The van der Waals surface area contributed by atoms with E-state index < -0.39 is 0 Å². The van der Waals surface area contributed by atoms with E-state index in [9.17, 15) is 0 Å². The van der Waals surface area contributed by atoms with Crippen LogP contribution < -0.4 is 10.5 Å². The monoisotopic (exact) mass is 162 g/mol. The van der Waals surface area contributed by atoms with Gasteiger partial charge in [0.15, 0.2) is 6.61 Å². The Morgan fingerprint density at radius 3 is 3.00 bits per heavy atom. The molecule has 0 amide bonds. The first kappa shape index (κ1) is 8.41. The second-order valence-corrected chi connectivity index (χ2v) is 2.49. The molecule has 3 nitrogen and oxygen atoms in total. The summed E-state index contributed by atoms with van der Waals surface area (Å²) >= 11 is 0. The van der Waals surface area contributed by atoms with E-state index in [0.29, 0.717) is 11.4 Å². The summed E-state index contributed by atoms with van der Waals surface area (Å²) in [7, 11) is 0. The van der Waals surface area contributed by atoms with Crippen LogP contribution >= 0.6 is 0 Å². The van der Waals surface area contributed by atoms with E-state index in [-0.39, 0.29) is 6.61 Å². The molecule has 0 saturated carbocycles. The van der Waals surface area contributed by atoms with E-state index >= 15 is 0 Å². The van der Waals surface area contributed by atoms with Gasteiger partial charge in [0.05, 0.1) is 5.69 Å². The minimum atomic E-state index is 0.0354. The smallest absolute Gasteiger partial charge is 0.174 e. The molecule has 0 spiro atoms. The lowest BCUT2D eigenvalue weighted by atomic mass is 10.2. The van der Waals surface area contributed by atoms with Gasteiger partial charge in [-0.25, -0.2) is 0 Å². The summed E-state index contributed by atoms with van der Waals surface area (Å²) in [5, 5.41) is 8.27. The van der Waals surface area contributed by atoms with Gasteiger partial charge in [-0.05, 0) is 24.6 Å². The van der Waals surface area contributed by atoms with Crippen LogP contribution in [0.3, 0.4) is 0 Å². The summed E-state index contributed by atoms with van der Waals surface area (Å²) in [5.74, 6) is 0.580. The molecule has 1 aromatic carbocycles. The molecule has 0 saturated heterocycles. The number of ether oxygens (including phenoxy) is 1. The molecule has 1 aromatic rings. The van der Waals surface area contributed by atoms with Crippen molar-refractivity contribution < 1.29 is 4.74 Å². The van der Waals surface area contributed by atoms with Gasteiger partial charge in [-0.3, -0.25) is 0 Å². The number of rotatable bonds is 2. The van der Waals surface area contributed by atoms with Crippen molar-refractivity contribution in [1.29, 1.82) is 5.26 Å². The van der Waals surface area contributed by atoms with E-state index in [1.807, 2.05) is 25.1 Å². The summed E-state index contributed by atoms with van der Waals surface area (Å²) in [5.41, 5.74) is 7.23. The van der Waals surface area contributed by atoms with Crippen molar-refractivity contribution in [3.63, 3.8) is 0 Å². The first-order valence-corrected chi connectivity index (χ1v) is 3.60. The predicted molar refractivity (Wildman–Crippen MR) is 46.7 cm³/mol. The number of nitriles is 1. The maximum absolute atomic E-state index is 8.27. The molecule has 3 heteroatoms. The average molecular weight is 162 g/mol. The molecule has 0 radical (unpaired) electrons. The van der Waals surface area contributed by atoms with Crippen molar-refractivity contribution in [1.82, 2.24) is 0 Å². The molecule has 0 aliphatic heterocycles. The molecule has 62 valence electrons. The lowest BCUT2D eigenvalue weighted by Crippen LogP contribution is -1.97. The standard InChI is InChI=1S/C9H10N2O/c1-7-2-3-8(11)9(6-7)12-5-4-10/h2-3,6H,5,11H2,1H3. The summed E-state index contributed by atoms with van der Waals surface area (Å²) < 4.78 is 5.08. The van der Waals surface area contributed by atoms with Crippen LogP contribution in [0.4, 0.5) is 5.69 Å². The van der Waals surface area contributed by atoms with Crippen molar-refractivity contribution in [2.75, 3.05) is 12.3 Å². The number of nitrogens with zero attached hydrogens (tertiary/aromatic N) is 1. The van der Waals surface area contributed by atoms with Gasteiger partial charge >= 0.3 is 0 Å². The highest BCUT2D eigenvalue weighted by molar-refractivity contribution is 5.53. The summed E-state index contributed by atoms with van der Waals surface area (Å²) in [6, 6.07) is 7.36. The van der Waals surface area contributed by atoms with Gasteiger partial charge in [-0.2, -0.15) is 5.26 Å². The quantitative estimate of drug-likeness (QED) is 0.670. The topological polar surface area (TPSA) is 59.0 Å². The maximum atomic E-state index is 8.27. The van der Waals surface area contributed by atoms with Gasteiger partial charge in [0.2, 0.25) is 0 Å². The van der Waals surface area contributed by atoms with E-state index in [2.05, 4.69) is 0 Å². The third-order valence-corrected chi connectivity index (χ3v) is 1.46. The Kier molecular flexibility index (Phi) is 2.54. The SMILES string of the molecule is Cc1ccc(N)c(OCC#N)c1. The number of hydrogen-bond acceptors (Lipinski definition) is 3. The van der Waals surface area contributed by atoms with E-state index in [4.69, 9.17) is 15.7 Å². The minimum absolute atomic E-state index is 0.0354. The van der Waals surface area contributed by atoms with Gasteiger partial charge in [0, 0.05) is 0 Å². The molecule has 0 bridgehead atoms. The molecular formula is C9H10N2O. The van der Waals surface area contributed by atoms with Crippen molar-refractivity contribution in [2.45, 2.75) is 6.92 Å². The Labute approximate surface area is 71.4 Å². The summed E-state index contributed by atoms with van der Waals surface area (Å²) in [4.78, 5) is 0. The molecule has 0 unspecified atom stereocenters. The van der Waals surface area contributed by atoms with E-state index in [0.717, 1.165) is 5.56 Å². The fourth-order valence-corrected chi connectivity index (χ4v) is 0.877. The van der Waals surface area contributed by atoms with Gasteiger partial charge in [0.1, 0.15) is 11.8 Å². The molecule has 0 aromatic heterocycles. The molecule has 0 heterocycles. The molecule has 0 atom stereocenters. The van der Waals surface area contributed by atoms with Crippen LogP contribution in [0.1, 0.15) is 5.56 Å². The summed E-state index contributed by atoms with van der Waals surface area (Å²) in [6.45, 7) is 1.98. The summed E-state index contributed by atoms with van der Waals surface area (Å²) in [6.07, 6.45) is 0. The number of anilines is 1. The zero-order valence-electron chi connectivity index (χ0n) is 6.87. The number of benzene rings is 1. The highest BCUT2D eigenvalue weighted by Gasteiger charge is 1.98.